The minimum absolute atomic E-state index is 0.0587. The Balaban J connectivity index is 1.49. The predicted octanol–water partition coefficient (Wildman–Crippen LogP) is 2.72. The Bertz CT molecular complexity index is 732. The first-order valence-electron chi connectivity index (χ1n) is 10.1. The van der Waals surface area contributed by atoms with Gasteiger partial charge in [0, 0.05) is 24.9 Å². The largest absolute Gasteiger partial charge is 0.478 e. The van der Waals surface area contributed by atoms with Crippen LogP contribution in [0.1, 0.15) is 32.3 Å². The third-order valence-electron chi connectivity index (χ3n) is 6.52. The standard InChI is InChI=1S/C22H32N2O3/c1-15-7-6-8-16(11-15)26-21(2,3)20(25)24-13-18-17(12-23(4)5)19-9-10-22(18,14-24)27-19/h6-8,11,17-19H,9-10,12-14H2,1-5H3/t17-,18+,19+,22+/m0/s1. The highest BCUT2D eigenvalue weighted by Gasteiger charge is 2.64. The van der Waals surface area contributed by atoms with Crippen molar-refractivity contribution in [3.63, 3.8) is 0 Å². The van der Waals surface area contributed by atoms with E-state index in [-0.39, 0.29) is 11.5 Å². The lowest BCUT2D eigenvalue weighted by molar-refractivity contribution is -0.145. The Morgan fingerprint density at radius 3 is 2.89 bits per heavy atom. The summed E-state index contributed by atoms with van der Waals surface area (Å²) in [5.41, 5.74) is 0.112. The highest BCUT2D eigenvalue weighted by atomic mass is 16.5. The maximum atomic E-state index is 13.3. The van der Waals surface area contributed by atoms with Gasteiger partial charge in [-0.1, -0.05) is 12.1 Å². The van der Waals surface area contributed by atoms with Crippen LogP contribution in [-0.4, -0.2) is 66.7 Å². The molecule has 4 atom stereocenters. The molecule has 27 heavy (non-hydrogen) atoms. The van der Waals surface area contributed by atoms with Crippen molar-refractivity contribution in [2.45, 2.75) is 50.9 Å². The van der Waals surface area contributed by atoms with Crippen LogP contribution in [0.2, 0.25) is 0 Å². The van der Waals surface area contributed by atoms with Gasteiger partial charge in [0.05, 0.1) is 18.2 Å². The van der Waals surface area contributed by atoms with Gasteiger partial charge in [0.2, 0.25) is 0 Å². The third-order valence-corrected chi connectivity index (χ3v) is 6.52. The van der Waals surface area contributed by atoms with Gasteiger partial charge in [0.1, 0.15) is 5.75 Å². The molecule has 0 radical (unpaired) electrons. The Morgan fingerprint density at radius 1 is 1.41 bits per heavy atom. The summed E-state index contributed by atoms with van der Waals surface area (Å²) in [5, 5.41) is 0. The van der Waals surface area contributed by atoms with E-state index in [2.05, 4.69) is 19.0 Å². The van der Waals surface area contributed by atoms with Gasteiger partial charge in [-0.2, -0.15) is 0 Å². The zero-order valence-electron chi connectivity index (χ0n) is 17.2. The summed E-state index contributed by atoms with van der Waals surface area (Å²) in [6.07, 6.45) is 2.57. The molecule has 0 N–H and O–H groups in total. The number of carbonyl (C=O) groups is 1. The number of nitrogens with zero attached hydrogens (tertiary/aromatic N) is 2. The summed E-state index contributed by atoms with van der Waals surface area (Å²) in [7, 11) is 4.24. The zero-order chi connectivity index (χ0) is 19.4. The number of carbonyl (C=O) groups excluding carboxylic acids is 1. The number of benzene rings is 1. The van der Waals surface area contributed by atoms with Crippen LogP contribution in [-0.2, 0) is 9.53 Å². The number of hydrogen-bond donors (Lipinski definition) is 0. The van der Waals surface area contributed by atoms with Crippen LogP contribution in [0.4, 0.5) is 0 Å². The van der Waals surface area contributed by atoms with Gasteiger partial charge in [-0.05, 0) is 65.4 Å². The van der Waals surface area contributed by atoms with Gasteiger partial charge in [0.15, 0.2) is 5.60 Å². The molecule has 3 heterocycles. The van der Waals surface area contributed by atoms with Crippen LogP contribution < -0.4 is 4.74 Å². The van der Waals surface area contributed by atoms with Crippen LogP contribution in [0.15, 0.2) is 24.3 Å². The maximum Gasteiger partial charge on any atom is 0.266 e. The van der Waals surface area contributed by atoms with E-state index in [0.717, 1.165) is 37.2 Å². The quantitative estimate of drug-likeness (QED) is 0.797. The molecule has 1 spiro atoms. The summed E-state index contributed by atoms with van der Waals surface area (Å²) in [6, 6.07) is 7.88. The summed E-state index contributed by atoms with van der Waals surface area (Å²) in [4.78, 5) is 17.6. The first-order valence-corrected chi connectivity index (χ1v) is 10.1. The van der Waals surface area contributed by atoms with Crippen LogP contribution >= 0.6 is 0 Å². The van der Waals surface area contributed by atoms with Gasteiger partial charge in [0.25, 0.3) is 5.91 Å². The molecule has 0 unspecified atom stereocenters. The molecule has 4 rings (SSSR count). The van der Waals surface area contributed by atoms with E-state index < -0.39 is 5.60 Å². The highest BCUT2D eigenvalue weighted by molar-refractivity contribution is 5.85. The Morgan fingerprint density at radius 2 is 2.19 bits per heavy atom. The number of aryl methyl sites for hydroxylation is 1. The fourth-order valence-electron chi connectivity index (χ4n) is 5.41. The van der Waals surface area contributed by atoms with Crippen molar-refractivity contribution in [2.24, 2.45) is 11.8 Å². The Hall–Kier alpha value is -1.59. The first-order chi connectivity index (χ1) is 12.7. The molecular weight excluding hydrogens is 340 g/mol. The molecule has 1 aromatic carbocycles. The first kappa shape index (κ1) is 18.8. The van der Waals surface area contributed by atoms with E-state index >= 15 is 0 Å². The van der Waals surface area contributed by atoms with Crippen molar-refractivity contribution < 1.29 is 14.3 Å². The molecule has 3 aliphatic heterocycles. The molecule has 3 fully saturated rings. The SMILES string of the molecule is Cc1cccc(OC(C)(C)C(=O)N2C[C@@H]3[C@H](CN(C)C)[C@H]4CC[C@]3(C2)O4)c1. The number of likely N-dealkylation sites (tertiary alicyclic amines) is 1. The van der Waals surface area contributed by atoms with Crippen molar-refractivity contribution >= 4 is 5.91 Å². The van der Waals surface area contributed by atoms with Gasteiger partial charge in [-0.15, -0.1) is 0 Å². The molecule has 5 heteroatoms. The average Bonchev–Trinajstić information content (AvgIpc) is 3.23. The monoisotopic (exact) mass is 372 g/mol. The van der Waals surface area contributed by atoms with E-state index in [1.807, 2.05) is 49.9 Å². The molecule has 2 bridgehead atoms. The minimum Gasteiger partial charge on any atom is -0.478 e. The van der Waals surface area contributed by atoms with E-state index in [4.69, 9.17) is 9.47 Å². The van der Waals surface area contributed by atoms with E-state index in [9.17, 15) is 4.79 Å². The topological polar surface area (TPSA) is 42.0 Å². The van der Waals surface area contributed by atoms with E-state index in [0.29, 0.717) is 24.5 Å². The number of ether oxygens (including phenoxy) is 2. The fraction of sp³-hybridized carbons (Fsp3) is 0.682. The van der Waals surface area contributed by atoms with E-state index in [1.54, 1.807) is 0 Å². The van der Waals surface area contributed by atoms with Crippen molar-refractivity contribution in [2.75, 3.05) is 33.7 Å². The normalized spacial score (nSPS) is 32.2. The van der Waals surface area contributed by atoms with Gasteiger partial charge in [-0.25, -0.2) is 0 Å². The maximum absolute atomic E-state index is 13.3. The molecule has 0 saturated carbocycles. The van der Waals surface area contributed by atoms with Crippen LogP contribution in [0, 0.1) is 18.8 Å². The average molecular weight is 373 g/mol. The fourth-order valence-corrected chi connectivity index (χ4v) is 5.41. The summed E-state index contributed by atoms with van der Waals surface area (Å²) in [5.74, 6) is 1.77. The lowest BCUT2D eigenvalue weighted by Gasteiger charge is -2.31. The molecular formula is C22H32N2O3. The molecule has 148 valence electrons. The second kappa shape index (κ2) is 6.49. The summed E-state index contributed by atoms with van der Waals surface area (Å²) < 4.78 is 12.6. The molecule has 5 nitrogen and oxygen atoms in total. The zero-order valence-corrected chi connectivity index (χ0v) is 17.2. The second-order valence-corrected chi connectivity index (χ2v) is 9.41. The highest BCUT2D eigenvalue weighted by Crippen LogP contribution is 2.55. The van der Waals surface area contributed by atoms with E-state index in [1.165, 1.54) is 0 Å². The van der Waals surface area contributed by atoms with Gasteiger partial charge < -0.3 is 19.3 Å². The lowest BCUT2D eigenvalue weighted by Crippen LogP contribution is -2.49. The van der Waals surface area contributed by atoms with Crippen LogP contribution in [0.5, 0.6) is 5.75 Å². The van der Waals surface area contributed by atoms with Gasteiger partial charge >= 0.3 is 0 Å². The number of amides is 1. The van der Waals surface area contributed by atoms with Crippen LogP contribution in [0.3, 0.4) is 0 Å². The van der Waals surface area contributed by atoms with Crippen molar-refractivity contribution in [3.8, 4) is 5.75 Å². The Kier molecular flexibility index (Phi) is 4.51. The van der Waals surface area contributed by atoms with Crippen molar-refractivity contribution in [1.29, 1.82) is 0 Å². The smallest absolute Gasteiger partial charge is 0.266 e. The van der Waals surface area contributed by atoms with Gasteiger partial charge in [-0.3, -0.25) is 4.79 Å². The molecule has 0 aromatic heterocycles. The molecule has 1 aromatic rings. The molecule has 1 amide bonds. The molecule has 3 saturated heterocycles. The van der Waals surface area contributed by atoms with Crippen molar-refractivity contribution in [1.82, 2.24) is 9.80 Å². The lowest BCUT2D eigenvalue weighted by atomic mass is 9.73. The Labute approximate surface area is 162 Å². The predicted molar refractivity (Wildman–Crippen MR) is 105 cm³/mol. The number of fused-ring (bicyclic) bond motifs is 1. The van der Waals surface area contributed by atoms with Crippen LogP contribution in [0.25, 0.3) is 0 Å². The minimum atomic E-state index is -0.891. The summed E-state index contributed by atoms with van der Waals surface area (Å²) in [6.45, 7) is 8.30. The number of rotatable bonds is 5. The number of hydrogen-bond acceptors (Lipinski definition) is 4. The summed E-state index contributed by atoms with van der Waals surface area (Å²) >= 11 is 0. The van der Waals surface area contributed by atoms with Crippen molar-refractivity contribution in [3.05, 3.63) is 29.8 Å². The molecule has 3 aliphatic rings. The second-order valence-electron chi connectivity index (χ2n) is 9.41. The molecule has 0 aliphatic carbocycles. The third kappa shape index (κ3) is 3.25.